The third kappa shape index (κ3) is 2.51. The molecule has 0 aromatic rings. The summed E-state index contributed by atoms with van der Waals surface area (Å²) in [7, 11) is 1.82. The molecule has 0 aromatic carbocycles. The Morgan fingerprint density at radius 2 is 2.23 bits per heavy atom. The molecule has 0 aliphatic carbocycles. The third-order valence-corrected chi connectivity index (χ3v) is 2.77. The SMILES string of the molecule is CNC(C)(C)C(=O)C1CCCOC1. The summed E-state index contributed by atoms with van der Waals surface area (Å²) in [5.74, 6) is 0.367. The van der Waals surface area contributed by atoms with E-state index in [2.05, 4.69) is 5.32 Å². The third-order valence-electron chi connectivity index (χ3n) is 2.77. The lowest BCUT2D eigenvalue weighted by Crippen LogP contribution is -2.49. The molecule has 76 valence electrons. The number of likely N-dealkylation sites (N-methyl/N-ethyl adjacent to an activating group) is 1. The summed E-state index contributed by atoms with van der Waals surface area (Å²) < 4.78 is 5.29. The van der Waals surface area contributed by atoms with Gasteiger partial charge in [0.05, 0.1) is 12.1 Å². The standard InChI is InChI=1S/C10H19NO2/c1-10(2,11-3)9(12)8-5-4-6-13-7-8/h8,11H,4-7H2,1-3H3. The van der Waals surface area contributed by atoms with Gasteiger partial charge in [-0.05, 0) is 33.7 Å². The van der Waals surface area contributed by atoms with E-state index in [9.17, 15) is 4.79 Å². The van der Waals surface area contributed by atoms with Gasteiger partial charge in [0.25, 0.3) is 0 Å². The summed E-state index contributed by atoms with van der Waals surface area (Å²) in [4.78, 5) is 11.9. The molecule has 13 heavy (non-hydrogen) atoms. The van der Waals surface area contributed by atoms with E-state index in [0.29, 0.717) is 6.61 Å². The second-order valence-electron chi connectivity index (χ2n) is 4.15. The van der Waals surface area contributed by atoms with Crippen molar-refractivity contribution in [1.82, 2.24) is 5.32 Å². The first-order valence-electron chi connectivity index (χ1n) is 4.89. The second-order valence-corrected chi connectivity index (χ2v) is 4.15. The number of Topliss-reactive ketones (excluding diaryl/α,β-unsaturated/α-hetero) is 1. The maximum atomic E-state index is 11.9. The van der Waals surface area contributed by atoms with Crippen LogP contribution in [-0.2, 0) is 9.53 Å². The van der Waals surface area contributed by atoms with Crippen molar-refractivity contribution in [3.05, 3.63) is 0 Å². The molecule has 1 saturated heterocycles. The van der Waals surface area contributed by atoms with Gasteiger partial charge in [-0.25, -0.2) is 0 Å². The van der Waals surface area contributed by atoms with Gasteiger partial charge in [-0.15, -0.1) is 0 Å². The minimum absolute atomic E-state index is 0.0937. The van der Waals surface area contributed by atoms with Crippen molar-refractivity contribution in [3.63, 3.8) is 0 Å². The first-order chi connectivity index (χ1) is 6.08. The highest BCUT2D eigenvalue weighted by atomic mass is 16.5. The van der Waals surface area contributed by atoms with Crippen LogP contribution < -0.4 is 5.32 Å². The van der Waals surface area contributed by atoms with Gasteiger partial charge in [-0.3, -0.25) is 4.79 Å². The van der Waals surface area contributed by atoms with Crippen LogP contribution in [0, 0.1) is 5.92 Å². The maximum absolute atomic E-state index is 11.9. The molecule has 0 aromatic heterocycles. The number of carbonyl (C=O) groups excluding carboxylic acids is 1. The summed E-state index contributed by atoms with van der Waals surface area (Å²) in [5.41, 5.74) is -0.411. The first kappa shape index (κ1) is 10.7. The smallest absolute Gasteiger partial charge is 0.157 e. The van der Waals surface area contributed by atoms with E-state index in [1.165, 1.54) is 0 Å². The molecular weight excluding hydrogens is 166 g/mol. The number of ketones is 1. The predicted octanol–water partition coefficient (Wildman–Crippen LogP) is 0.980. The number of nitrogens with one attached hydrogen (secondary N) is 1. The molecule has 0 radical (unpaired) electrons. The van der Waals surface area contributed by atoms with Gasteiger partial charge in [0, 0.05) is 12.5 Å². The van der Waals surface area contributed by atoms with Gasteiger partial charge < -0.3 is 10.1 Å². The molecule has 0 bridgehead atoms. The van der Waals surface area contributed by atoms with Crippen LogP contribution in [0.2, 0.25) is 0 Å². The molecule has 0 saturated carbocycles. The predicted molar refractivity (Wildman–Crippen MR) is 51.7 cm³/mol. The normalized spacial score (nSPS) is 24.4. The number of ether oxygens (including phenoxy) is 1. The van der Waals surface area contributed by atoms with E-state index in [1.807, 2.05) is 20.9 Å². The Hall–Kier alpha value is -0.410. The van der Waals surface area contributed by atoms with Crippen LogP contribution in [0.1, 0.15) is 26.7 Å². The van der Waals surface area contributed by atoms with E-state index in [1.54, 1.807) is 0 Å². The summed E-state index contributed by atoms with van der Waals surface area (Å²) in [6, 6.07) is 0. The van der Waals surface area contributed by atoms with Crippen molar-refractivity contribution in [2.45, 2.75) is 32.2 Å². The van der Waals surface area contributed by atoms with Crippen LogP contribution in [0.4, 0.5) is 0 Å². The summed E-state index contributed by atoms with van der Waals surface area (Å²) in [6.07, 6.45) is 1.99. The highest BCUT2D eigenvalue weighted by molar-refractivity contribution is 5.89. The number of carbonyl (C=O) groups is 1. The fraction of sp³-hybridized carbons (Fsp3) is 0.900. The van der Waals surface area contributed by atoms with Gasteiger partial charge in [-0.1, -0.05) is 0 Å². The average molecular weight is 185 g/mol. The molecule has 1 N–H and O–H groups in total. The lowest BCUT2D eigenvalue weighted by atomic mass is 9.86. The van der Waals surface area contributed by atoms with Crippen molar-refractivity contribution in [2.75, 3.05) is 20.3 Å². The highest BCUT2D eigenvalue weighted by Gasteiger charge is 2.33. The molecule has 1 heterocycles. The average Bonchev–Trinajstić information content (AvgIpc) is 2.18. The minimum Gasteiger partial charge on any atom is -0.381 e. The zero-order valence-electron chi connectivity index (χ0n) is 8.72. The summed E-state index contributed by atoms with van der Waals surface area (Å²) in [5, 5.41) is 3.03. The van der Waals surface area contributed by atoms with Crippen molar-refractivity contribution in [3.8, 4) is 0 Å². The monoisotopic (exact) mass is 185 g/mol. The van der Waals surface area contributed by atoms with E-state index >= 15 is 0 Å². The molecule has 3 nitrogen and oxygen atoms in total. The Morgan fingerprint density at radius 1 is 1.54 bits per heavy atom. The van der Waals surface area contributed by atoms with E-state index < -0.39 is 5.54 Å². The highest BCUT2D eigenvalue weighted by Crippen LogP contribution is 2.20. The number of rotatable bonds is 3. The van der Waals surface area contributed by atoms with Crippen LogP contribution in [0.5, 0.6) is 0 Å². The van der Waals surface area contributed by atoms with Crippen molar-refractivity contribution in [2.24, 2.45) is 5.92 Å². The number of hydrogen-bond acceptors (Lipinski definition) is 3. The van der Waals surface area contributed by atoms with Gasteiger partial charge in [-0.2, -0.15) is 0 Å². The van der Waals surface area contributed by atoms with E-state index in [-0.39, 0.29) is 11.7 Å². The van der Waals surface area contributed by atoms with Crippen molar-refractivity contribution in [1.29, 1.82) is 0 Å². The van der Waals surface area contributed by atoms with Gasteiger partial charge in [0.1, 0.15) is 0 Å². The van der Waals surface area contributed by atoms with Gasteiger partial charge >= 0.3 is 0 Å². The lowest BCUT2D eigenvalue weighted by Gasteiger charge is -2.29. The van der Waals surface area contributed by atoms with Crippen molar-refractivity contribution >= 4 is 5.78 Å². The van der Waals surface area contributed by atoms with Crippen LogP contribution in [0.25, 0.3) is 0 Å². The molecular formula is C10H19NO2. The molecule has 0 amide bonds. The summed E-state index contributed by atoms with van der Waals surface area (Å²) in [6.45, 7) is 5.25. The maximum Gasteiger partial charge on any atom is 0.157 e. The van der Waals surface area contributed by atoms with Crippen LogP contribution in [0.3, 0.4) is 0 Å². The molecule has 1 rings (SSSR count). The Bertz CT molecular complexity index is 183. The Labute approximate surface area is 79.8 Å². The van der Waals surface area contributed by atoms with Crippen molar-refractivity contribution < 1.29 is 9.53 Å². The quantitative estimate of drug-likeness (QED) is 0.712. The summed E-state index contributed by atoms with van der Waals surface area (Å²) >= 11 is 0. The van der Waals surface area contributed by atoms with Gasteiger partial charge in [0.15, 0.2) is 5.78 Å². The molecule has 1 atom stereocenters. The Morgan fingerprint density at radius 3 is 2.69 bits per heavy atom. The fourth-order valence-electron chi connectivity index (χ4n) is 1.58. The van der Waals surface area contributed by atoms with Crippen LogP contribution in [0.15, 0.2) is 0 Å². The Kier molecular flexibility index (Phi) is 3.45. The van der Waals surface area contributed by atoms with E-state index in [4.69, 9.17) is 4.74 Å². The van der Waals surface area contributed by atoms with Gasteiger partial charge in [0.2, 0.25) is 0 Å². The largest absolute Gasteiger partial charge is 0.381 e. The zero-order valence-corrected chi connectivity index (χ0v) is 8.72. The molecule has 1 fully saturated rings. The van der Waals surface area contributed by atoms with E-state index in [0.717, 1.165) is 19.4 Å². The minimum atomic E-state index is -0.411. The topological polar surface area (TPSA) is 38.3 Å². The molecule has 1 aliphatic rings. The molecule has 1 aliphatic heterocycles. The fourth-order valence-corrected chi connectivity index (χ4v) is 1.58. The second kappa shape index (κ2) is 4.20. The van der Waals surface area contributed by atoms with Crippen LogP contribution >= 0.6 is 0 Å². The first-order valence-corrected chi connectivity index (χ1v) is 4.89. The lowest BCUT2D eigenvalue weighted by molar-refractivity contribution is -0.132. The molecule has 1 unspecified atom stereocenters. The molecule has 0 spiro atoms. The molecule has 3 heteroatoms. The zero-order chi connectivity index (χ0) is 9.90. The Balaban J connectivity index is 2.55. The van der Waals surface area contributed by atoms with Crippen LogP contribution in [-0.4, -0.2) is 31.6 Å². The number of hydrogen-bond donors (Lipinski definition) is 1.